The lowest BCUT2D eigenvalue weighted by Crippen LogP contribution is -2.44. The number of aromatic nitrogens is 2. The van der Waals surface area contributed by atoms with Gasteiger partial charge in [-0.2, -0.15) is 18.3 Å². The van der Waals surface area contributed by atoms with Crippen molar-refractivity contribution in [2.75, 3.05) is 25.2 Å². The van der Waals surface area contributed by atoms with Crippen molar-refractivity contribution in [1.82, 2.24) is 9.78 Å². The van der Waals surface area contributed by atoms with Crippen LogP contribution in [0.2, 0.25) is 5.02 Å². The van der Waals surface area contributed by atoms with Crippen LogP contribution < -0.4 is 4.90 Å². The summed E-state index contributed by atoms with van der Waals surface area (Å²) in [5.74, 6) is -0.470. The molecule has 1 atom stereocenters. The minimum absolute atomic E-state index is 0.123. The Hall–Kier alpha value is -3.95. The highest BCUT2D eigenvalue weighted by molar-refractivity contribution is 6.31. The van der Waals surface area contributed by atoms with Gasteiger partial charge in [0.25, 0.3) is 5.91 Å². The molecule has 1 aliphatic heterocycles. The zero-order valence-corrected chi connectivity index (χ0v) is 22.1. The van der Waals surface area contributed by atoms with Gasteiger partial charge in [0.1, 0.15) is 5.69 Å². The molecule has 3 aromatic rings. The molecule has 0 spiro atoms. The number of fused-ring (bicyclic) bond motifs is 1. The van der Waals surface area contributed by atoms with Crippen molar-refractivity contribution in [3.05, 3.63) is 113 Å². The molecule has 0 bridgehead atoms. The fraction of sp³-hybridized carbons (Fsp3) is 0.207. The summed E-state index contributed by atoms with van der Waals surface area (Å²) in [5.41, 5.74) is 1.92. The van der Waals surface area contributed by atoms with Crippen molar-refractivity contribution in [2.45, 2.75) is 19.1 Å². The van der Waals surface area contributed by atoms with Crippen LogP contribution in [0.1, 0.15) is 34.6 Å². The molecule has 0 radical (unpaired) electrons. The maximum absolute atomic E-state index is 13.8. The van der Waals surface area contributed by atoms with Crippen molar-refractivity contribution in [2.24, 2.45) is 4.99 Å². The van der Waals surface area contributed by atoms with Gasteiger partial charge in [-0.1, -0.05) is 72.8 Å². The van der Waals surface area contributed by atoms with Gasteiger partial charge in [-0.25, -0.2) is 4.99 Å². The van der Waals surface area contributed by atoms with Crippen LogP contribution >= 0.6 is 11.6 Å². The summed E-state index contributed by atoms with van der Waals surface area (Å²) >= 11 is 5.98. The molecule has 2 aromatic carbocycles. The van der Waals surface area contributed by atoms with E-state index in [1.165, 1.54) is 24.3 Å². The number of carbonyl (C=O) groups excluding carboxylic acids is 1. The van der Waals surface area contributed by atoms with Crippen LogP contribution in [0, 0.1) is 0 Å². The quantitative estimate of drug-likeness (QED) is 0.218. The molecule has 1 unspecified atom stereocenters. The third-order valence-corrected chi connectivity index (χ3v) is 6.40. The van der Waals surface area contributed by atoms with Crippen LogP contribution in [-0.4, -0.2) is 41.7 Å². The van der Waals surface area contributed by atoms with E-state index in [2.05, 4.69) is 11.7 Å². The molecule has 10 heteroatoms. The molecule has 0 aliphatic carbocycles. The molecular weight excluding hydrogens is 529 g/mol. The van der Waals surface area contributed by atoms with Crippen LogP contribution in [0.15, 0.2) is 96.2 Å². The number of halogens is 4. The first kappa shape index (κ1) is 28.1. The second kappa shape index (κ2) is 11.8. The Labute approximate surface area is 229 Å². The standard InChI is InChI=1S/C29H26ClF3N4O2/c1-4-9-19(10-5-2)26(20-11-7-6-8-12-20)35-25-16-34-37-22(18-39-3)17-36(28(38)27(25)37)21-13-14-23(24(30)15-21)29(31,32)33/h4-16,22H,1,17-18H2,2-3H3/b10-5-,19-9+,35-26?. The van der Waals surface area contributed by atoms with Crippen LogP contribution in [0.4, 0.5) is 24.5 Å². The Morgan fingerprint density at radius 1 is 1.26 bits per heavy atom. The summed E-state index contributed by atoms with van der Waals surface area (Å²) < 4.78 is 46.8. The molecular formula is C29H26ClF3N4O2. The van der Waals surface area contributed by atoms with E-state index in [0.717, 1.165) is 23.3 Å². The SMILES string of the molecule is C=C/C=C(\C=C/C)C(=Nc1cnn2c1C(=O)N(c1ccc(C(F)(F)F)c(Cl)c1)CC2COC)c1ccccc1. The Morgan fingerprint density at radius 2 is 2.00 bits per heavy atom. The van der Waals surface area contributed by atoms with E-state index < -0.39 is 28.7 Å². The normalized spacial score (nSPS) is 16.6. The highest BCUT2D eigenvalue weighted by Crippen LogP contribution is 2.38. The van der Waals surface area contributed by atoms with Gasteiger partial charge in [0.05, 0.1) is 41.7 Å². The Bertz CT molecular complexity index is 1460. The van der Waals surface area contributed by atoms with Gasteiger partial charge >= 0.3 is 6.18 Å². The summed E-state index contributed by atoms with van der Waals surface area (Å²) in [6.07, 6.45) is 4.11. The molecule has 1 aromatic heterocycles. The van der Waals surface area contributed by atoms with E-state index >= 15 is 0 Å². The number of allylic oxidation sites excluding steroid dienone is 5. The second-order valence-electron chi connectivity index (χ2n) is 8.69. The van der Waals surface area contributed by atoms with Crippen molar-refractivity contribution in [3.8, 4) is 0 Å². The molecule has 6 nitrogen and oxygen atoms in total. The minimum atomic E-state index is -4.61. The van der Waals surface area contributed by atoms with E-state index in [0.29, 0.717) is 11.4 Å². The number of carbonyl (C=O) groups is 1. The first-order valence-electron chi connectivity index (χ1n) is 12.0. The van der Waals surface area contributed by atoms with Crippen molar-refractivity contribution >= 4 is 34.6 Å². The lowest BCUT2D eigenvalue weighted by atomic mass is 10.0. The van der Waals surface area contributed by atoms with E-state index in [4.69, 9.17) is 21.3 Å². The smallest absolute Gasteiger partial charge is 0.382 e. The van der Waals surface area contributed by atoms with Gasteiger partial charge in [-0.05, 0) is 25.1 Å². The summed E-state index contributed by atoms with van der Waals surface area (Å²) in [7, 11) is 1.52. The predicted octanol–water partition coefficient (Wildman–Crippen LogP) is 7.21. The number of alkyl halides is 3. The number of amides is 1. The number of hydrogen-bond donors (Lipinski definition) is 0. The summed E-state index contributed by atoms with van der Waals surface area (Å²) in [5, 5.41) is 3.95. The molecule has 1 aliphatic rings. The second-order valence-corrected chi connectivity index (χ2v) is 9.10. The van der Waals surface area contributed by atoms with E-state index in [-0.39, 0.29) is 24.5 Å². The van der Waals surface area contributed by atoms with Gasteiger partial charge in [-0.3, -0.25) is 9.48 Å². The maximum Gasteiger partial charge on any atom is 0.417 e. The molecule has 39 heavy (non-hydrogen) atoms. The Morgan fingerprint density at radius 3 is 2.62 bits per heavy atom. The number of anilines is 1. The molecule has 0 saturated carbocycles. The van der Waals surface area contributed by atoms with Crippen molar-refractivity contribution < 1.29 is 22.7 Å². The van der Waals surface area contributed by atoms with Gasteiger partial charge in [-0.15, -0.1) is 0 Å². The number of rotatable bonds is 8. The average Bonchev–Trinajstić information content (AvgIpc) is 3.33. The number of benzene rings is 2. The van der Waals surface area contributed by atoms with E-state index in [1.807, 2.05) is 55.5 Å². The molecule has 0 N–H and O–H groups in total. The Kier molecular flexibility index (Phi) is 8.52. The van der Waals surface area contributed by atoms with Gasteiger partial charge in [0.2, 0.25) is 0 Å². The zero-order chi connectivity index (χ0) is 28.2. The number of aliphatic imine (C=N–C) groups is 1. The Balaban J connectivity index is 1.86. The number of hydrogen-bond acceptors (Lipinski definition) is 4. The fourth-order valence-electron chi connectivity index (χ4n) is 4.39. The highest BCUT2D eigenvalue weighted by Gasteiger charge is 2.37. The lowest BCUT2D eigenvalue weighted by Gasteiger charge is -2.33. The molecule has 0 fully saturated rings. The zero-order valence-electron chi connectivity index (χ0n) is 21.3. The highest BCUT2D eigenvalue weighted by atomic mass is 35.5. The number of nitrogens with zero attached hydrogens (tertiary/aromatic N) is 4. The van der Waals surface area contributed by atoms with E-state index in [1.54, 1.807) is 10.8 Å². The molecule has 202 valence electrons. The lowest BCUT2D eigenvalue weighted by molar-refractivity contribution is -0.137. The fourth-order valence-corrected chi connectivity index (χ4v) is 4.67. The predicted molar refractivity (Wildman–Crippen MR) is 147 cm³/mol. The molecule has 1 amide bonds. The summed E-state index contributed by atoms with van der Waals surface area (Å²) in [6, 6.07) is 12.3. The van der Waals surface area contributed by atoms with E-state index in [9.17, 15) is 18.0 Å². The van der Waals surface area contributed by atoms with Gasteiger partial charge < -0.3 is 9.64 Å². The maximum atomic E-state index is 13.8. The number of ether oxygens (including phenoxy) is 1. The van der Waals surface area contributed by atoms with Crippen LogP contribution in [0.3, 0.4) is 0 Å². The van der Waals surface area contributed by atoms with Crippen molar-refractivity contribution in [1.29, 1.82) is 0 Å². The first-order valence-corrected chi connectivity index (χ1v) is 12.4. The number of methoxy groups -OCH3 is 1. The van der Waals surface area contributed by atoms with Gasteiger partial charge in [0, 0.05) is 23.9 Å². The van der Waals surface area contributed by atoms with Crippen LogP contribution in [0.5, 0.6) is 0 Å². The summed E-state index contributed by atoms with van der Waals surface area (Å²) in [6.45, 7) is 6.02. The van der Waals surface area contributed by atoms with Crippen LogP contribution in [-0.2, 0) is 10.9 Å². The third-order valence-electron chi connectivity index (χ3n) is 6.09. The average molecular weight is 555 g/mol. The summed E-state index contributed by atoms with van der Waals surface area (Å²) in [4.78, 5) is 20.1. The molecule has 2 heterocycles. The third kappa shape index (κ3) is 5.89. The van der Waals surface area contributed by atoms with Crippen molar-refractivity contribution in [3.63, 3.8) is 0 Å². The largest absolute Gasteiger partial charge is 0.417 e. The topological polar surface area (TPSA) is 59.7 Å². The van der Waals surface area contributed by atoms with Crippen LogP contribution in [0.25, 0.3) is 0 Å². The molecule has 4 rings (SSSR count). The van der Waals surface area contributed by atoms with Gasteiger partial charge in [0.15, 0.2) is 5.69 Å². The monoisotopic (exact) mass is 554 g/mol. The minimum Gasteiger partial charge on any atom is -0.382 e. The first-order chi connectivity index (χ1) is 18.7. The molecule has 0 saturated heterocycles.